The quantitative estimate of drug-likeness (QED) is 0.309. The smallest absolute Gasteiger partial charge is 0.235 e. The van der Waals surface area contributed by atoms with Crippen molar-refractivity contribution in [2.45, 2.75) is 59.3 Å². The van der Waals surface area contributed by atoms with Crippen molar-refractivity contribution < 1.29 is 14.2 Å². The number of aromatic nitrogens is 3. The highest BCUT2D eigenvalue weighted by Gasteiger charge is 2.13. The third kappa shape index (κ3) is 10.9. The molecular formula is C18H36N6O3. The van der Waals surface area contributed by atoms with Crippen LogP contribution in [-0.4, -0.2) is 55.0 Å². The van der Waals surface area contributed by atoms with Gasteiger partial charge in [-0.1, -0.05) is 40.0 Å². The lowest BCUT2D eigenvalue weighted by Gasteiger charge is -2.22. The Morgan fingerprint density at radius 3 is 1.93 bits per heavy atom. The number of rotatable bonds is 17. The lowest BCUT2D eigenvalue weighted by atomic mass is 10.4. The Morgan fingerprint density at radius 2 is 1.37 bits per heavy atom. The van der Waals surface area contributed by atoms with Crippen molar-refractivity contribution >= 4 is 17.8 Å². The molecule has 0 radical (unpaired) electrons. The van der Waals surface area contributed by atoms with Crippen LogP contribution in [-0.2, 0) is 14.2 Å². The van der Waals surface area contributed by atoms with E-state index >= 15 is 0 Å². The maximum absolute atomic E-state index is 5.85. The van der Waals surface area contributed by atoms with Crippen molar-refractivity contribution in [1.82, 2.24) is 15.0 Å². The van der Waals surface area contributed by atoms with Gasteiger partial charge in [-0.2, -0.15) is 15.0 Å². The number of hydrogen-bond donors (Lipinski definition) is 2. The van der Waals surface area contributed by atoms with Gasteiger partial charge in [-0.15, -0.1) is 0 Å². The summed E-state index contributed by atoms with van der Waals surface area (Å²) in [4.78, 5) is 14.6. The van der Waals surface area contributed by atoms with E-state index in [9.17, 15) is 0 Å². The minimum absolute atomic E-state index is 0.142. The largest absolute Gasteiger partial charge is 0.368 e. The van der Waals surface area contributed by atoms with Crippen molar-refractivity contribution in [2.24, 2.45) is 0 Å². The number of nitrogens with one attached hydrogen (secondary N) is 1. The fourth-order valence-electron chi connectivity index (χ4n) is 2.03. The Hall–Kier alpha value is -1.71. The van der Waals surface area contributed by atoms with E-state index in [1.165, 1.54) is 0 Å². The summed E-state index contributed by atoms with van der Waals surface area (Å²) in [6.07, 6.45) is 6.28. The van der Waals surface area contributed by atoms with Crippen LogP contribution < -0.4 is 16.0 Å². The molecule has 0 aromatic carbocycles. The number of ether oxygens (including phenoxy) is 3. The monoisotopic (exact) mass is 384 g/mol. The van der Waals surface area contributed by atoms with E-state index in [4.69, 9.17) is 19.9 Å². The third-order valence-electron chi connectivity index (χ3n) is 3.68. The maximum Gasteiger partial charge on any atom is 0.235 e. The Kier molecular flexibility index (Phi) is 13.3. The molecule has 0 atom stereocenters. The van der Waals surface area contributed by atoms with E-state index in [0.717, 1.165) is 38.5 Å². The second-order valence-electron chi connectivity index (χ2n) is 6.22. The molecule has 9 heteroatoms. The van der Waals surface area contributed by atoms with Crippen LogP contribution in [0, 0.1) is 0 Å². The Morgan fingerprint density at radius 1 is 0.815 bits per heavy atom. The number of nitrogens with two attached hydrogens (primary N) is 1. The molecule has 0 aliphatic carbocycles. The van der Waals surface area contributed by atoms with Crippen LogP contribution in [0.25, 0.3) is 0 Å². The lowest BCUT2D eigenvalue weighted by molar-refractivity contribution is 0.0812. The molecule has 27 heavy (non-hydrogen) atoms. The van der Waals surface area contributed by atoms with Gasteiger partial charge in [0.05, 0.1) is 0 Å². The van der Waals surface area contributed by atoms with Gasteiger partial charge < -0.3 is 25.3 Å². The molecule has 0 aliphatic heterocycles. The van der Waals surface area contributed by atoms with Gasteiger partial charge in [0.15, 0.2) is 0 Å². The highest BCUT2D eigenvalue weighted by Crippen LogP contribution is 2.12. The summed E-state index contributed by atoms with van der Waals surface area (Å²) >= 11 is 0. The molecular weight excluding hydrogens is 348 g/mol. The average Bonchev–Trinajstić information content (AvgIpc) is 2.66. The fourth-order valence-corrected chi connectivity index (χ4v) is 2.03. The summed E-state index contributed by atoms with van der Waals surface area (Å²) in [5.41, 5.74) is 5.85. The van der Waals surface area contributed by atoms with Crippen LogP contribution in [0.1, 0.15) is 59.3 Å². The summed E-state index contributed by atoms with van der Waals surface area (Å²) in [6, 6.07) is 0. The first-order chi connectivity index (χ1) is 13.2. The zero-order chi connectivity index (χ0) is 19.7. The maximum atomic E-state index is 5.85. The van der Waals surface area contributed by atoms with Crippen LogP contribution in [0.3, 0.4) is 0 Å². The van der Waals surface area contributed by atoms with E-state index in [-0.39, 0.29) is 5.95 Å². The molecule has 0 fully saturated rings. The van der Waals surface area contributed by atoms with Crippen LogP contribution in [0.2, 0.25) is 0 Å². The van der Waals surface area contributed by atoms with E-state index in [1.807, 2.05) is 4.90 Å². The van der Waals surface area contributed by atoms with Gasteiger partial charge in [0.2, 0.25) is 17.8 Å². The predicted molar refractivity (Wildman–Crippen MR) is 108 cm³/mol. The molecule has 0 spiro atoms. The van der Waals surface area contributed by atoms with Gasteiger partial charge >= 0.3 is 0 Å². The van der Waals surface area contributed by atoms with E-state index in [0.29, 0.717) is 51.9 Å². The zero-order valence-corrected chi connectivity index (χ0v) is 17.1. The molecule has 1 heterocycles. The number of unbranched alkanes of at least 4 members (excludes halogenated alkanes) is 3. The molecule has 1 aromatic rings. The number of nitrogen functional groups attached to an aromatic ring is 1. The number of anilines is 3. The normalized spacial score (nSPS) is 10.9. The summed E-state index contributed by atoms with van der Waals surface area (Å²) in [6.45, 7) is 9.42. The van der Waals surface area contributed by atoms with Gasteiger partial charge in [-0.25, -0.2) is 0 Å². The summed E-state index contributed by atoms with van der Waals surface area (Å²) in [5, 5.41) is 3.02. The second kappa shape index (κ2) is 15.4. The van der Waals surface area contributed by atoms with Gasteiger partial charge in [0, 0.05) is 19.8 Å². The number of hydrogen-bond acceptors (Lipinski definition) is 9. The zero-order valence-electron chi connectivity index (χ0n) is 17.1. The van der Waals surface area contributed by atoms with Gasteiger partial charge in [0.25, 0.3) is 0 Å². The summed E-state index contributed by atoms with van der Waals surface area (Å²) < 4.78 is 16.9. The first-order valence-corrected chi connectivity index (χ1v) is 9.94. The van der Waals surface area contributed by atoms with Crippen molar-refractivity contribution in [3.63, 3.8) is 0 Å². The van der Waals surface area contributed by atoms with Crippen LogP contribution >= 0.6 is 0 Å². The van der Waals surface area contributed by atoms with E-state index in [1.54, 1.807) is 0 Å². The molecule has 0 bridgehead atoms. The molecule has 0 saturated heterocycles. The fraction of sp³-hybridized carbons (Fsp3) is 0.833. The third-order valence-corrected chi connectivity index (χ3v) is 3.68. The summed E-state index contributed by atoms with van der Waals surface area (Å²) in [5.74, 6) is 0.941. The summed E-state index contributed by atoms with van der Waals surface area (Å²) in [7, 11) is 0. The molecule has 0 amide bonds. The van der Waals surface area contributed by atoms with E-state index < -0.39 is 0 Å². The second-order valence-corrected chi connectivity index (χ2v) is 6.22. The highest BCUT2D eigenvalue weighted by atomic mass is 16.5. The van der Waals surface area contributed by atoms with E-state index in [2.05, 4.69) is 41.0 Å². The molecule has 0 unspecified atom stereocenters. The predicted octanol–water partition coefficient (Wildman–Crippen LogP) is 2.99. The molecule has 0 aliphatic rings. The average molecular weight is 385 g/mol. The first kappa shape index (κ1) is 23.3. The Bertz CT molecular complexity index is 480. The lowest BCUT2D eigenvalue weighted by Crippen LogP contribution is -2.31. The van der Waals surface area contributed by atoms with Crippen molar-refractivity contribution in [3.05, 3.63) is 0 Å². The molecule has 1 aromatic heterocycles. The van der Waals surface area contributed by atoms with Crippen molar-refractivity contribution in [2.75, 3.05) is 56.0 Å². The highest BCUT2D eigenvalue weighted by molar-refractivity contribution is 5.41. The molecule has 1 rings (SSSR count). The Balaban J connectivity index is 2.66. The molecule has 9 nitrogen and oxygen atoms in total. The van der Waals surface area contributed by atoms with Crippen LogP contribution in [0.5, 0.6) is 0 Å². The minimum Gasteiger partial charge on any atom is -0.368 e. The topological polar surface area (TPSA) is 108 Å². The first-order valence-electron chi connectivity index (χ1n) is 9.94. The Labute approximate surface area is 163 Å². The van der Waals surface area contributed by atoms with Crippen LogP contribution in [0.15, 0.2) is 0 Å². The van der Waals surface area contributed by atoms with Crippen molar-refractivity contribution in [1.29, 1.82) is 0 Å². The SMILES string of the molecule is CCCCOCNc1nc(N)nc(N(COCCCC)COCCCC)n1. The van der Waals surface area contributed by atoms with Crippen molar-refractivity contribution in [3.8, 4) is 0 Å². The van der Waals surface area contributed by atoms with Gasteiger partial charge in [-0.05, 0) is 19.3 Å². The molecule has 0 saturated carbocycles. The van der Waals surface area contributed by atoms with Gasteiger partial charge in [-0.3, -0.25) is 4.90 Å². The standard InChI is InChI=1S/C18H36N6O3/c1-4-7-10-25-13-20-17-21-16(19)22-18(23-17)24(14-26-11-8-5-2)15-27-12-9-6-3/h4-15H2,1-3H3,(H3,19,20,21,22,23). The minimum atomic E-state index is 0.142. The van der Waals surface area contributed by atoms with Crippen LogP contribution in [0.4, 0.5) is 17.8 Å². The number of nitrogens with zero attached hydrogens (tertiary/aromatic N) is 4. The van der Waals surface area contributed by atoms with Gasteiger partial charge in [0.1, 0.15) is 20.2 Å². The molecule has 156 valence electrons. The molecule has 3 N–H and O–H groups in total.